The van der Waals surface area contributed by atoms with Gasteiger partial charge in [-0.05, 0) is 42.5 Å². The molecule has 2 aromatic carbocycles. The minimum atomic E-state index is -3.74. The molecule has 1 heterocycles. The van der Waals surface area contributed by atoms with E-state index in [4.69, 9.17) is 5.11 Å². The van der Waals surface area contributed by atoms with Crippen molar-refractivity contribution in [2.75, 3.05) is 15.4 Å². The zero-order chi connectivity index (χ0) is 20.6. The fourth-order valence-corrected chi connectivity index (χ4v) is 4.62. The highest BCUT2D eigenvalue weighted by Gasteiger charge is 2.41. The second-order valence-electron chi connectivity index (χ2n) is 6.32. The zero-order valence-corrected chi connectivity index (χ0v) is 15.4. The Balaban J connectivity index is 1.83. The van der Waals surface area contributed by atoms with Crippen molar-refractivity contribution in [1.82, 2.24) is 0 Å². The van der Waals surface area contributed by atoms with Crippen molar-refractivity contribution in [1.29, 1.82) is 0 Å². The molecule has 2 aromatic rings. The number of phenols is 1. The maximum Gasteiger partial charge on any atom is 0.335 e. The minimum Gasteiger partial charge on any atom is -0.506 e. The SMILES string of the molecule is C[C@@H]1CS(=O)(=O)N(c2ccc(C(=O)Nc3cc(C(=O)O)ccc3O)cc2)C1=O. The monoisotopic (exact) mass is 404 g/mol. The first kappa shape index (κ1) is 19.4. The fraction of sp³-hybridized carbons (Fsp3) is 0.167. The molecule has 146 valence electrons. The summed E-state index contributed by atoms with van der Waals surface area (Å²) in [5.74, 6) is -3.62. The summed E-state index contributed by atoms with van der Waals surface area (Å²) in [6.07, 6.45) is 0. The van der Waals surface area contributed by atoms with Gasteiger partial charge in [-0.25, -0.2) is 17.5 Å². The van der Waals surface area contributed by atoms with E-state index in [0.29, 0.717) is 0 Å². The van der Waals surface area contributed by atoms with Crippen LogP contribution >= 0.6 is 0 Å². The van der Waals surface area contributed by atoms with Gasteiger partial charge in [-0.3, -0.25) is 9.59 Å². The first-order valence-electron chi connectivity index (χ1n) is 8.15. The molecular formula is C18H16N2O7S. The average molecular weight is 404 g/mol. The number of hydrogen-bond donors (Lipinski definition) is 3. The minimum absolute atomic E-state index is 0.0832. The summed E-state index contributed by atoms with van der Waals surface area (Å²) in [5.41, 5.74) is 0.0537. The number of nitrogens with one attached hydrogen (secondary N) is 1. The van der Waals surface area contributed by atoms with Gasteiger partial charge in [0.1, 0.15) is 5.75 Å². The lowest BCUT2D eigenvalue weighted by Gasteiger charge is -2.15. The van der Waals surface area contributed by atoms with Crippen LogP contribution in [0.3, 0.4) is 0 Å². The highest BCUT2D eigenvalue weighted by molar-refractivity contribution is 7.94. The predicted molar refractivity (Wildman–Crippen MR) is 99.9 cm³/mol. The quantitative estimate of drug-likeness (QED) is 0.658. The number of carbonyl (C=O) groups is 3. The molecule has 2 amide bonds. The summed E-state index contributed by atoms with van der Waals surface area (Å²) in [5, 5.41) is 21.2. The molecule has 0 unspecified atom stereocenters. The Labute approximate surface area is 160 Å². The second kappa shape index (κ2) is 6.97. The van der Waals surface area contributed by atoms with Crippen LogP contribution in [-0.2, 0) is 14.8 Å². The molecule has 0 radical (unpaired) electrons. The number of sulfonamides is 1. The maximum atomic E-state index is 12.4. The third-order valence-electron chi connectivity index (χ3n) is 4.22. The number of amides is 2. The number of hydrogen-bond acceptors (Lipinski definition) is 6. The largest absolute Gasteiger partial charge is 0.506 e. The van der Waals surface area contributed by atoms with Gasteiger partial charge < -0.3 is 15.5 Å². The molecule has 0 saturated carbocycles. The summed E-state index contributed by atoms with van der Waals surface area (Å²) in [6.45, 7) is 1.53. The number of carboxylic acids is 1. The number of anilines is 2. The second-order valence-corrected chi connectivity index (χ2v) is 8.18. The van der Waals surface area contributed by atoms with Crippen molar-refractivity contribution in [3.63, 3.8) is 0 Å². The molecule has 0 aromatic heterocycles. The van der Waals surface area contributed by atoms with Gasteiger partial charge in [0, 0.05) is 5.56 Å². The van der Waals surface area contributed by atoms with Crippen molar-refractivity contribution < 1.29 is 33.0 Å². The van der Waals surface area contributed by atoms with E-state index in [9.17, 15) is 27.9 Å². The van der Waals surface area contributed by atoms with Gasteiger partial charge in [-0.2, -0.15) is 0 Å². The zero-order valence-electron chi connectivity index (χ0n) is 14.6. The lowest BCUT2D eigenvalue weighted by molar-refractivity contribution is -0.119. The molecule has 1 atom stereocenters. The first-order chi connectivity index (χ1) is 13.1. The number of benzene rings is 2. The van der Waals surface area contributed by atoms with Gasteiger partial charge in [0.25, 0.3) is 5.91 Å². The summed E-state index contributed by atoms with van der Waals surface area (Å²) < 4.78 is 25.0. The van der Waals surface area contributed by atoms with E-state index in [1.54, 1.807) is 0 Å². The molecule has 28 heavy (non-hydrogen) atoms. The predicted octanol–water partition coefficient (Wildman–Crippen LogP) is 1.66. The highest BCUT2D eigenvalue weighted by atomic mass is 32.2. The molecule has 9 nitrogen and oxygen atoms in total. The Morgan fingerprint density at radius 2 is 1.71 bits per heavy atom. The van der Waals surface area contributed by atoms with Crippen molar-refractivity contribution in [2.45, 2.75) is 6.92 Å². The van der Waals surface area contributed by atoms with Gasteiger partial charge in [0.05, 0.1) is 28.6 Å². The standard InChI is InChI=1S/C18H16N2O7S/c1-10-9-28(26,27)20(17(10)23)13-5-2-11(3-6-13)16(22)19-14-8-12(18(24)25)4-7-15(14)21/h2-8,10,21H,9H2,1H3,(H,19,22)(H,24,25)/t10-/m1/s1. The van der Waals surface area contributed by atoms with Gasteiger partial charge in [-0.15, -0.1) is 0 Å². The Bertz CT molecular complexity index is 1080. The van der Waals surface area contributed by atoms with Crippen LogP contribution in [0.1, 0.15) is 27.6 Å². The van der Waals surface area contributed by atoms with E-state index in [0.717, 1.165) is 16.4 Å². The van der Waals surface area contributed by atoms with E-state index in [2.05, 4.69) is 5.32 Å². The first-order valence-corrected chi connectivity index (χ1v) is 9.75. The van der Waals surface area contributed by atoms with Gasteiger partial charge in [0.15, 0.2) is 0 Å². The molecule has 0 spiro atoms. The number of aromatic hydroxyl groups is 1. The van der Waals surface area contributed by atoms with Gasteiger partial charge in [0.2, 0.25) is 15.9 Å². The van der Waals surface area contributed by atoms with Crippen molar-refractivity contribution in [3.05, 3.63) is 53.6 Å². The smallest absolute Gasteiger partial charge is 0.335 e. The Hall–Kier alpha value is -3.40. The molecular weight excluding hydrogens is 388 g/mol. The third-order valence-corrected chi connectivity index (χ3v) is 6.08. The summed E-state index contributed by atoms with van der Waals surface area (Å²) in [7, 11) is -3.74. The number of rotatable bonds is 4. The van der Waals surface area contributed by atoms with Crippen molar-refractivity contribution in [3.8, 4) is 5.75 Å². The molecule has 0 aliphatic carbocycles. The van der Waals surface area contributed by atoms with Crippen LogP contribution in [-0.4, -0.2) is 42.2 Å². The summed E-state index contributed by atoms with van der Waals surface area (Å²) >= 11 is 0. The molecule has 3 rings (SSSR count). The molecule has 10 heteroatoms. The van der Waals surface area contributed by atoms with Gasteiger partial charge >= 0.3 is 5.97 Å². The molecule has 1 saturated heterocycles. The lowest BCUT2D eigenvalue weighted by atomic mass is 10.1. The number of nitrogens with zero attached hydrogens (tertiary/aromatic N) is 1. The van der Waals surface area contributed by atoms with Crippen molar-refractivity contribution in [2.24, 2.45) is 5.92 Å². The van der Waals surface area contributed by atoms with Crippen molar-refractivity contribution >= 4 is 39.2 Å². The maximum absolute atomic E-state index is 12.4. The molecule has 1 aliphatic rings. The number of aromatic carboxylic acids is 1. The Kier molecular flexibility index (Phi) is 4.82. The average Bonchev–Trinajstić information content (AvgIpc) is 2.83. The Morgan fingerprint density at radius 1 is 1.11 bits per heavy atom. The van der Waals surface area contributed by atoms with Crippen LogP contribution < -0.4 is 9.62 Å². The van der Waals surface area contributed by atoms with Gasteiger partial charge in [-0.1, -0.05) is 6.92 Å². The summed E-state index contributed by atoms with van der Waals surface area (Å²) in [4.78, 5) is 35.5. The normalized spacial score (nSPS) is 18.1. The van der Waals surface area contributed by atoms with Crippen LogP contribution in [0.4, 0.5) is 11.4 Å². The van der Waals surface area contributed by atoms with E-state index in [-0.39, 0.29) is 34.0 Å². The number of carbonyl (C=O) groups excluding carboxylic acids is 2. The van der Waals surface area contributed by atoms with E-state index >= 15 is 0 Å². The van der Waals surface area contributed by atoms with E-state index in [1.165, 1.54) is 37.3 Å². The van der Waals surface area contributed by atoms with Crippen LogP contribution in [0.5, 0.6) is 5.75 Å². The lowest BCUT2D eigenvalue weighted by Crippen LogP contribution is -2.30. The van der Waals surface area contributed by atoms with E-state index < -0.39 is 33.7 Å². The van der Waals surface area contributed by atoms with Crippen LogP contribution in [0, 0.1) is 5.92 Å². The Morgan fingerprint density at radius 3 is 2.25 bits per heavy atom. The van der Waals surface area contributed by atoms with E-state index in [1.807, 2.05) is 0 Å². The number of carboxylic acid groups (broad SMARTS) is 1. The molecule has 1 aliphatic heterocycles. The van der Waals surface area contributed by atoms with Crippen LogP contribution in [0.2, 0.25) is 0 Å². The topological polar surface area (TPSA) is 141 Å². The molecule has 3 N–H and O–H groups in total. The summed E-state index contributed by atoms with van der Waals surface area (Å²) in [6, 6.07) is 8.76. The fourth-order valence-electron chi connectivity index (χ4n) is 2.80. The van der Waals surface area contributed by atoms with Crippen LogP contribution in [0.25, 0.3) is 0 Å². The van der Waals surface area contributed by atoms with Crippen LogP contribution in [0.15, 0.2) is 42.5 Å². The number of phenolic OH excluding ortho intramolecular Hbond substituents is 1. The molecule has 0 bridgehead atoms. The molecule has 1 fully saturated rings. The highest BCUT2D eigenvalue weighted by Crippen LogP contribution is 2.29. The third kappa shape index (κ3) is 3.54.